The van der Waals surface area contributed by atoms with E-state index in [-0.39, 0.29) is 31.6 Å². The SMILES string of the molecule is CC/C=C\C/C=C\C/C=C\C/C=C\C/C=C\C/C=C\CCC(=O)OC(COC(=O)CCCCCCC/C=C\CCCCC)COC(=O)CCCCCCCCCCCCCCCCCCCCCCCCCCCCCCCCCC. The van der Waals surface area contributed by atoms with Gasteiger partial charge in [-0.25, -0.2) is 0 Å². The van der Waals surface area contributed by atoms with Crippen LogP contribution < -0.4 is 0 Å². The molecule has 0 saturated carbocycles. The van der Waals surface area contributed by atoms with Gasteiger partial charge in [-0.2, -0.15) is 0 Å². The number of rotatable bonds is 64. The summed E-state index contributed by atoms with van der Waals surface area (Å²) in [5.74, 6) is -0.988. The largest absolute Gasteiger partial charge is 0.462 e. The van der Waals surface area contributed by atoms with E-state index in [2.05, 4.69) is 99.8 Å². The molecule has 0 rings (SSSR count). The molecule has 0 aromatic carbocycles. The summed E-state index contributed by atoms with van der Waals surface area (Å²) in [4.78, 5) is 38.3. The molecule has 0 bridgehead atoms. The number of esters is 3. The minimum atomic E-state index is -0.820. The van der Waals surface area contributed by atoms with Crippen LogP contribution >= 0.6 is 0 Å². The monoisotopic (exact) mass is 1130 g/mol. The average molecular weight is 1130 g/mol. The number of hydrogen-bond acceptors (Lipinski definition) is 6. The predicted molar refractivity (Wildman–Crippen MR) is 353 cm³/mol. The summed E-state index contributed by atoms with van der Waals surface area (Å²) in [6, 6.07) is 0. The average Bonchev–Trinajstić information content (AvgIpc) is 3.47. The molecular weight excluding hydrogens is 997 g/mol. The molecule has 0 fully saturated rings. The Kier molecular flexibility index (Phi) is 66.2. The van der Waals surface area contributed by atoms with Crippen LogP contribution in [-0.4, -0.2) is 37.2 Å². The van der Waals surface area contributed by atoms with Gasteiger partial charge in [0.1, 0.15) is 13.2 Å². The lowest BCUT2D eigenvalue weighted by Gasteiger charge is -2.18. The van der Waals surface area contributed by atoms with Crippen LogP contribution in [0.25, 0.3) is 0 Å². The molecule has 6 nitrogen and oxygen atoms in total. The Hall–Kier alpha value is -3.41. The van der Waals surface area contributed by atoms with Gasteiger partial charge in [0, 0.05) is 19.3 Å². The van der Waals surface area contributed by atoms with Crippen LogP contribution in [0.3, 0.4) is 0 Å². The highest BCUT2D eigenvalue weighted by atomic mass is 16.6. The lowest BCUT2D eigenvalue weighted by Crippen LogP contribution is -2.30. The number of carbonyl (C=O) groups excluding carboxylic acids is 3. The fourth-order valence-corrected chi connectivity index (χ4v) is 10.2. The van der Waals surface area contributed by atoms with Gasteiger partial charge in [0.25, 0.3) is 0 Å². The van der Waals surface area contributed by atoms with Crippen molar-refractivity contribution < 1.29 is 28.6 Å². The first-order chi connectivity index (χ1) is 40.0. The van der Waals surface area contributed by atoms with Crippen molar-refractivity contribution in [2.75, 3.05) is 13.2 Å². The molecule has 1 atom stereocenters. The van der Waals surface area contributed by atoms with Crippen molar-refractivity contribution in [3.05, 3.63) is 85.1 Å². The summed E-state index contributed by atoms with van der Waals surface area (Å²) < 4.78 is 16.9. The summed E-state index contributed by atoms with van der Waals surface area (Å²) in [5, 5.41) is 0. The fraction of sp³-hybridized carbons (Fsp3) is 0.773. The third-order valence-electron chi connectivity index (χ3n) is 15.4. The van der Waals surface area contributed by atoms with Crippen LogP contribution in [0.2, 0.25) is 0 Å². The maximum atomic E-state index is 12.9. The van der Waals surface area contributed by atoms with E-state index in [9.17, 15) is 14.4 Å². The van der Waals surface area contributed by atoms with Crippen LogP contribution in [0.4, 0.5) is 0 Å². The zero-order valence-electron chi connectivity index (χ0n) is 53.8. The van der Waals surface area contributed by atoms with Gasteiger partial charge in [0.05, 0.1) is 0 Å². The van der Waals surface area contributed by atoms with Crippen molar-refractivity contribution in [3.8, 4) is 0 Å². The second-order valence-corrected chi connectivity index (χ2v) is 23.4. The minimum absolute atomic E-state index is 0.107. The second-order valence-electron chi connectivity index (χ2n) is 23.4. The molecule has 81 heavy (non-hydrogen) atoms. The molecule has 0 heterocycles. The highest BCUT2D eigenvalue weighted by Gasteiger charge is 2.19. The van der Waals surface area contributed by atoms with Gasteiger partial charge in [0.2, 0.25) is 0 Å². The Morgan fingerprint density at radius 1 is 0.259 bits per heavy atom. The molecule has 0 spiro atoms. The molecule has 0 aromatic rings. The third-order valence-corrected chi connectivity index (χ3v) is 15.4. The quantitative estimate of drug-likeness (QED) is 0.0261. The smallest absolute Gasteiger partial charge is 0.306 e. The molecule has 0 aliphatic carbocycles. The number of carbonyl (C=O) groups is 3. The van der Waals surface area contributed by atoms with Gasteiger partial charge in [-0.3, -0.25) is 14.4 Å². The summed E-state index contributed by atoms with van der Waals surface area (Å²) in [7, 11) is 0. The van der Waals surface area contributed by atoms with Crippen molar-refractivity contribution >= 4 is 17.9 Å². The Labute approximate surface area is 503 Å². The van der Waals surface area contributed by atoms with Gasteiger partial charge < -0.3 is 14.2 Å². The molecule has 0 N–H and O–H groups in total. The summed E-state index contributed by atoms with van der Waals surface area (Å²) in [6.45, 7) is 6.48. The number of hydrogen-bond donors (Lipinski definition) is 0. The molecule has 0 aromatic heterocycles. The number of ether oxygens (including phenoxy) is 3. The van der Waals surface area contributed by atoms with Crippen molar-refractivity contribution in [2.45, 2.75) is 361 Å². The van der Waals surface area contributed by atoms with E-state index < -0.39 is 12.1 Å². The fourth-order valence-electron chi connectivity index (χ4n) is 10.2. The Balaban J connectivity index is 4.20. The first kappa shape index (κ1) is 77.6. The Morgan fingerprint density at radius 3 is 0.827 bits per heavy atom. The minimum Gasteiger partial charge on any atom is -0.462 e. The Morgan fingerprint density at radius 2 is 0.506 bits per heavy atom. The topological polar surface area (TPSA) is 78.9 Å². The first-order valence-electron chi connectivity index (χ1n) is 35.1. The number of allylic oxidation sites excluding steroid dienone is 14. The predicted octanol–water partition coefficient (Wildman–Crippen LogP) is 24.2. The normalized spacial score (nSPS) is 12.6. The molecule has 0 saturated heterocycles. The van der Waals surface area contributed by atoms with Crippen LogP contribution in [0.15, 0.2) is 85.1 Å². The van der Waals surface area contributed by atoms with Crippen molar-refractivity contribution in [2.24, 2.45) is 0 Å². The molecule has 1 unspecified atom stereocenters. The highest BCUT2D eigenvalue weighted by molar-refractivity contribution is 5.71. The second kappa shape index (κ2) is 69.1. The van der Waals surface area contributed by atoms with E-state index in [0.717, 1.165) is 89.9 Å². The molecule has 0 aliphatic rings. The van der Waals surface area contributed by atoms with E-state index in [0.29, 0.717) is 19.3 Å². The van der Waals surface area contributed by atoms with Crippen LogP contribution in [0, 0.1) is 0 Å². The van der Waals surface area contributed by atoms with E-state index >= 15 is 0 Å². The van der Waals surface area contributed by atoms with E-state index in [1.54, 1.807) is 0 Å². The zero-order chi connectivity index (χ0) is 58.5. The van der Waals surface area contributed by atoms with E-state index in [4.69, 9.17) is 14.2 Å². The summed E-state index contributed by atoms with van der Waals surface area (Å²) >= 11 is 0. The maximum absolute atomic E-state index is 12.9. The van der Waals surface area contributed by atoms with Gasteiger partial charge >= 0.3 is 17.9 Å². The van der Waals surface area contributed by atoms with Crippen molar-refractivity contribution in [3.63, 3.8) is 0 Å². The van der Waals surface area contributed by atoms with Crippen LogP contribution in [0.5, 0.6) is 0 Å². The van der Waals surface area contributed by atoms with Gasteiger partial charge in [-0.1, -0.05) is 337 Å². The summed E-state index contributed by atoms with van der Waals surface area (Å²) in [6.07, 6.45) is 92.2. The van der Waals surface area contributed by atoms with Gasteiger partial charge in [-0.05, 0) is 83.5 Å². The molecule has 0 aliphatic heterocycles. The molecular formula is C75H132O6. The van der Waals surface area contributed by atoms with E-state index in [1.165, 1.54) is 218 Å². The van der Waals surface area contributed by atoms with E-state index in [1.807, 2.05) is 6.08 Å². The lowest BCUT2D eigenvalue weighted by atomic mass is 10.0. The molecule has 468 valence electrons. The molecule has 0 amide bonds. The van der Waals surface area contributed by atoms with Crippen molar-refractivity contribution in [1.82, 2.24) is 0 Å². The maximum Gasteiger partial charge on any atom is 0.306 e. The Bertz CT molecular complexity index is 1530. The zero-order valence-corrected chi connectivity index (χ0v) is 53.8. The standard InChI is InChI=1S/C75H132O6/c1-4-7-10-13-16-19-22-25-27-29-31-32-33-34-35-36-37-38-39-40-41-42-43-45-46-48-50-53-56-59-62-65-68-74(77)80-71-72(70-79-73(76)67-64-61-58-55-52-24-21-18-15-12-9-6-3)81-75(78)69-66-63-60-57-54-51-49-47-44-30-28-26-23-20-17-14-11-8-5-2/h8,11,17-18,20-21,26,28,44,47,51,54,60,63,72H,4-7,9-10,12-16,19,22-25,27,29-43,45-46,48-50,52-53,55-59,61-62,64-71H2,1-3H3/b11-8-,20-17-,21-18-,28-26-,47-44-,54-51-,63-60-. The highest BCUT2D eigenvalue weighted by Crippen LogP contribution is 2.18. The van der Waals surface area contributed by atoms with Crippen LogP contribution in [-0.2, 0) is 28.6 Å². The van der Waals surface area contributed by atoms with Crippen LogP contribution in [0.1, 0.15) is 355 Å². The lowest BCUT2D eigenvalue weighted by molar-refractivity contribution is -0.166. The third kappa shape index (κ3) is 67.3. The summed E-state index contributed by atoms with van der Waals surface area (Å²) in [5.41, 5.74) is 0. The van der Waals surface area contributed by atoms with Crippen molar-refractivity contribution in [1.29, 1.82) is 0 Å². The number of unbranched alkanes of at least 4 members (excludes halogenated alkanes) is 39. The molecule has 0 radical (unpaired) electrons. The first-order valence-corrected chi connectivity index (χ1v) is 35.1. The van der Waals surface area contributed by atoms with Gasteiger partial charge in [-0.15, -0.1) is 0 Å². The van der Waals surface area contributed by atoms with Gasteiger partial charge in [0.15, 0.2) is 6.10 Å². The molecule has 6 heteroatoms.